The lowest BCUT2D eigenvalue weighted by atomic mass is 9.96. The van der Waals surface area contributed by atoms with E-state index < -0.39 is 69.0 Å². The highest BCUT2D eigenvalue weighted by molar-refractivity contribution is 5.73. The molecule has 1 aliphatic carbocycles. The lowest BCUT2D eigenvalue weighted by Gasteiger charge is -2.20. The van der Waals surface area contributed by atoms with Crippen molar-refractivity contribution in [2.75, 3.05) is 0 Å². The van der Waals surface area contributed by atoms with Gasteiger partial charge in [-0.2, -0.15) is 8.78 Å². The Balaban J connectivity index is 1.49. The molecule has 0 spiro atoms. The topological polar surface area (TPSA) is 9.23 Å². The minimum Gasteiger partial charge on any atom is -0.429 e. The largest absolute Gasteiger partial charge is 0.432 e. The minimum absolute atomic E-state index is 0.202. The molecule has 0 radical (unpaired) electrons. The van der Waals surface area contributed by atoms with Crippen LogP contribution in [0.2, 0.25) is 0 Å². The van der Waals surface area contributed by atoms with Gasteiger partial charge in [-0.15, -0.1) is 0 Å². The molecule has 1 nitrogen and oxygen atoms in total. The van der Waals surface area contributed by atoms with Crippen molar-refractivity contribution in [2.24, 2.45) is 0 Å². The highest BCUT2D eigenvalue weighted by Gasteiger charge is 2.41. The Morgan fingerprint density at radius 2 is 1.16 bits per heavy atom. The van der Waals surface area contributed by atoms with Crippen LogP contribution in [0.3, 0.4) is 0 Å². The number of halogens is 8. The molecule has 0 aliphatic heterocycles. The first kappa shape index (κ1) is 25.8. The third-order valence-electron chi connectivity index (χ3n) is 6.60. The van der Waals surface area contributed by atoms with Crippen LogP contribution in [0.4, 0.5) is 35.1 Å². The molecule has 0 atom stereocenters. The molecule has 196 valence electrons. The molecule has 4 aromatic rings. The monoisotopic (exact) mass is 534 g/mol. The molecule has 5 rings (SSSR count). The Hall–Kier alpha value is -3.88. The summed E-state index contributed by atoms with van der Waals surface area (Å²) in [5.74, 6) is -9.49. The number of hydrogen-bond donors (Lipinski definition) is 0. The molecule has 0 bridgehead atoms. The van der Waals surface area contributed by atoms with E-state index >= 15 is 8.78 Å². The Kier molecular flexibility index (Phi) is 6.41. The highest BCUT2D eigenvalue weighted by Crippen LogP contribution is 2.39. The zero-order valence-corrected chi connectivity index (χ0v) is 19.7. The molecule has 38 heavy (non-hydrogen) atoms. The van der Waals surface area contributed by atoms with Gasteiger partial charge >= 0.3 is 6.11 Å². The molecule has 9 heteroatoms. The fourth-order valence-electron chi connectivity index (χ4n) is 4.64. The maximum Gasteiger partial charge on any atom is 0.432 e. The fraction of sp³-hybridized carbons (Fsp3) is 0.172. The van der Waals surface area contributed by atoms with Crippen LogP contribution >= 0.6 is 0 Å². The summed E-state index contributed by atoms with van der Waals surface area (Å²) in [4.78, 5) is 0. The molecule has 0 N–H and O–H groups in total. The average molecular weight is 534 g/mol. The number of ether oxygens (including phenoxy) is 1. The Morgan fingerprint density at radius 3 is 1.76 bits per heavy atom. The van der Waals surface area contributed by atoms with Gasteiger partial charge < -0.3 is 4.74 Å². The van der Waals surface area contributed by atoms with Gasteiger partial charge in [0.1, 0.15) is 46.2 Å². The number of benzene rings is 4. The van der Waals surface area contributed by atoms with E-state index in [-0.39, 0.29) is 5.56 Å². The predicted molar refractivity (Wildman–Crippen MR) is 125 cm³/mol. The summed E-state index contributed by atoms with van der Waals surface area (Å²) in [5.41, 5.74) is -0.834. The average Bonchev–Trinajstić information content (AvgIpc) is 3.29. The second-order valence-electron chi connectivity index (χ2n) is 9.10. The summed E-state index contributed by atoms with van der Waals surface area (Å²) in [5, 5.41) is 0. The van der Waals surface area contributed by atoms with E-state index in [4.69, 9.17) is 0 Å². The van der Waals surface area contributed by atoms with E-state index in [1.54, 1.807) is 6.07 Å². The second kappa shape index (κ2) is 9.45. The Labute approximate surface area is 212 Å². The van der Waals surface area contributed by atoms with E-state index in [0.717, 1.165) is 49.4 Å². The van der Waals surface area contributed by atoms with Crippen molar-refractivity contribution in [1.29, 1.82) is 0 Å². The van der Waals surface area contributed by atoms with Gasteiger partial charge in [0, 0.05) is 17.7 Å². The number of hydrogen-bond acceptors (Lipinski definition) is 1. The van der Waals surface area contributed by atoms with Gasteiger partial charge in [-0.1, -0.05) is 18.2 Å². The fourth-order valence-corrected chi connectivity index (χ4v) is 4.64. The van der Waals surface area contributed by atoms with Crippen LogP contribution in [-0.2, 0) is 19.0 Å². The summed E-state index contributed by atoms with van der Waals surface area (Å²) in [7, 11) is 0. The number of rotatable bonds is 5. The van der Waals surface area contributed by atoms with E-state index in [0.29, 0.717) is 29.8 Å². The smallest absolute Gasteiger partial charge is 0.429 e. The van der Waals surface area contributed by atoms with Crippen LogP contribution < -0.4 is 4.74 Å². The molecular weight excluding hydrogens is 516 g/mol. The molecule has 0 aromatic heterocycles. The van der Waals surface area contributed by atoms with Crippen LogP contribution in [0.25, 0.3) is 22.3 Å². The van der Waals surface area contributed by atoms with Crippen molar-refractivity contribution in [3.05, 3.63) is 112 Å². The molecular formula is C29H18F8O. The van der Waals surface area contributed by atoms with Gasteiger partial charge in [-0.3, -0.25) is 0 Å². The van der Waals surface area contributed by atoms with Crippen molar-refractivity contribution in [3.63, 3.8) is 0 Å². The van der Waals surface area contributed by atoms with Crippen LogP contribution in [0.15, 0.2) is 54.6 Å². The summed E-state index contributed by atoms with van der Waals surface area (Å²) in [6, 6.07) is 8.97. The molecule has 1 aliphatic rings. The number of fused-ring (bicyclic) bond motifs is 1. The lowest BCUT2D eigenvalue weighted by Crippen LogP contribution is -2.25. The normalized spacial score (nSPS) is 13.1. The number of aryl methyl sites for hydroxylation is 2. The second-order valence-corrected chi connectivity index (χ2v) is 9.10. The summed E-state index contributed by atoms with van der Waals surface area (Å²) < 4.78 is 121. The SMILES string of the molecule is Cc1c(F)cc(OC(F)(F)c2c(F)cc(-c3c(F)cc(-c4ccc5c(c4)CCC5)cc3F)cc2F)cc1F. The molecule has 4 aromatic carbocycles. The van der Waals surface area contributed by atoms with Gasteiger partial charge in [0.25, 0.3) is 0 Å². The summed E-state index contributed by atoms with van der Waals surface area (Å²) >= 11 is 0. The van der Waals surface area contributed by atoms with Crippen molar-refractivity contribution in [3.8, 4) is 28.0 Å². The van der Waals surface area contributed by atoms with Crippen molar-refractivity contribution in [2.45, 2.75) is 32.3 Å². The zero-order chi connectivity index (χ0) is 27.4. The van der Waals surface area contributed by atoms with Crippen LogP contribution in [0, 0.1) is 41.8 Å². The van der Waals surface area contributed by atoms with Gasteiger partial charge in [0.15, 0.2) is 0 Å². The highest BCUT2D eigenvalue weighted by atomic mass is 19.3. The van der Waals surface area contributed by atoms with Crippen molar-refractivity contribution >= 4 is 0 Å². The first-order chi connectivity index (χ1) is 17.9. The third kappa shape index (κ3) is 4.61. The lowest BCUT2D eigenvalue weighted by molar-refractivity contribution is -0.189. The number of alkyl halides is 2. The molecule has 0 heterocycles. The maximum absolute atomic E-state index is 15.0. The predicted octanol–water partition coefficient (Wildman–Crippen LogP) is 8.78. The third-order valence-corrected chi connectivity index (χ3v) is 6.60. The van der Waals surface area contributed by atoms with E-state index in [2.05, 4.69) is 4.74 Å². The van der Waals surface area contributed by atoms with Gasteiger partial charge in [0.2, 0.25) is 0 Å². The molecule has 0 saturated carbocycles. The molecule has 0 fully saturated rings. The molecule has 0 unspecified atom stereocenters. The molecule has 0 amide bonds. The van der Waals surface area contributed by atoms with Crippen LogP contribution in [0.5, 0.6) is 5.75 Å². The summed E-state index contributed by atoms with van der Waals surface area (Å²) in [6.07, 6.45) is -1.96. The zero-order valence-electron chi connectivity index (χ0n) is 19.7. The Bertz CT molecular complexity index is 1510. The summed E-state index contributed by atoms with van der Waals surface area (Å²) in [6.45, 7) is 1.06. The molecule has 0 saturated heterocycles. The Morgan fingerprint density at radius 1 is 0.605 bits per heavy atom. The van der Waals surface area contributed by atoms with E-state index in [1.165, 1.54) is 0 Å². The maximum atomic E-state index is 15.0. The quantitative estimate of drug-likeness (QED) is 0.233. The minimum atomic E-state index is -4.71. The van der Waals surface area contributed by atoms with Gasteiger partial charge in [-0.25, -0.2) is 26.3 Å². The van der Waals surface area contributed by atoms with Crippen LogP contribution in [0.1, 0.15) is 28.7 Å². The van der Waals surface area contributed by atoms with E-state index in [1.807, 2.05) is 12.1 Å². The van der Waals surface area contributed by atoms with Crippen molar-refractivity contribution in [1.82, 2.24) is 0 Å². The van der Waals surface area contributed by atoms with Crippen molar-refractivity contribution < 1.29 is 39.9 Å². The first-order valence-electron chi connectivity index (χ1n) is 11.6. The van der Waals surface area contributed by atoms with E-state index in [9.17, 15) is 26.3 Å². The first-order valence-corrected chi connectivity index (χ1v) is 11.6. The van der Waals surface area contributed by atoms with Crippen LogP contribution in [-0.4, -0.2) is 0 Å². The standard InChI is InChI=1S/C29H18F8O/c1-14-21(30)12-20(13-22(14)31)38-29(36,37)28-25(34)10-19(11-26(28)35)27-23(32)8-18(9-24(27)33)17-6-5-15-3-2-4-16(15)7-17/h5-13H,2-4H2,1H3. The van der Waals surface area contributed by atoms with Gasteiger partial charge in [0.05, 0.1) is 5.56 Å². The van der Waals surface area contributed by atoms with Gasteiger partial charge in [-0.05, 0) is 78.3 Å².